The molecule has 0 aromatic heterocycles. The molecule has 1 aliphatic heterocycles. The molecule has 0 saturated carbocycles. The van der Waals surface area contributed by atoms with Crippen molar-refractivity contribution in [3.05, 3.63) is 276 Å². The third-order valence-corrected chi connectivity index (χ3v) is 14.6. The zero-order valence-corrected chi connectivity index (χ0v) is 37.0. The van der Waals surface area contributed by atoms with Crippen LogP contribution in [0.3, 0.4) is 0 Å². The Morgan fingerprint density at radius 3 is 1.42 bits per heavy atom. The fourth-order valence-electron chi connectivity index (χ4n) is 12.0. The summed E-state index contributed by atoms with van der Waals surface area (Å²) in [5.74, 6) is 0. The van der Waals surface area contributed by atoms with Gasteiger partial charge in [0.25, 0.3) is 0 Å². The number of hydrogen-bond donors (Lipinski definition) is 0. The monoisotopic (exact) mass is 842 g/mol. The molecule has 0 atom stereocenters. The first-order valence-electron chi connectivity index (χ1n) is 23.1. The molecule has 0 N–H and O–H groups in total. The van der Waals surface area contributed by atoms with Gasteiger partial charge in [-0.05, 0) is 115 Å². The van der Waals surface area contributed by atoms with Gasteiger partial charge in [0.05, 0.1) is 33.9 Å². The summed E-state index contributed by atoms with van der Waals surface area (Å²) in [7, 11) is 0. The van der Waals surface area contributed by atoms with Gasteiger partial charge in [0.1, 0.15) is 0 Å². The standard InChI is InChI=1S/C64H46N2/c1-63(2)52-31-13-9-28-48(52)50-30-21-39-61(62(50)63)66(57-35-17-11-26-46(57)43-22-5-3-6-23-43)58-36-18-12-27-47(58)44-40-41-54-51(42-44)49-29-10-14-32-53(49)64(54)55-33-15-19-37-59(55)65(45-24-7-4-8-25-45)60-38-20-16-34-56(60)64/h3-42H,1-2H3. The van der Waals surface area contributed by atoms with Crippen molar-refractivity contribution >= 4 is 34.1 Å². The number of anilines is 6. The molecule has 0 unspecified atom stereocenters. The van der Waals surface area contributed by atoms with Crippen molar-refractivity contribution in [2.75, 3.05) is 9.80 Å². The number of fused-ring (bicyclic) bond motifs is 12. The topological polar surface area (TPSA) is 6.48 Å². The molecule has 3 aliphatic rings. The Kier molecular flexibility index (Phi) is 8.51. The van der Waals surface area contributed by atoms with E-state index in [-0.39, 0.29) is 5.41 Å². The van der Waals surface area contributed by atoms with Gasteiger partial charge < -0.3 is 9.80 Å². The lowest BCUT2D eigenvalue weighted by Gasteiger charge is -2.45. The second-order valence-corrected chi connectivity index (χ2v) is 18.4. The molecule has 2 aliphatic carbocycles. The zero-order chi connectivity index (χ0) is 44.0. The van der Waals surface area contributed by atoms with Crippen LogP contribution in [0.15, 0.2) is 243 Å². The molecule has 0 bridgehead atoms. The molecule has 1 spiro atoms. The van der Waals surface area contributed by atoms with E-state index < -0.39 is 5.41 Å². The van der Waals surface area contributed by atoms with Crippen LogP contribution in [0, 0.1) is 0 Å². The Hall–Kier alpha value is -8.20. The van der Waals surface area contributed by atoms with E-state index in [9.17, 15) is 0 Å². The summed E-state index contributed by atoms with van der Waals surface area (Å²) in [5, 5.41) is 0. The lowest BCUT2D eigenvalue weighted by molar-refractivity contribution is 0.661. The van der Waals surface area contributed by atoms with Gasteiger partial charge in [-0.15, -0.1) is 0 Å². The highest BCUT2D eigenvalue weighted by molar-refractivity contribution is 6.00. The van der Waals surface area contributed by atoms with Crippen LogP contribution in [-0.2, 0) is 10.8 Å². The highest BCUT2D eigenvalue weighted by Gasteiger charge is 2.51. The van der Waals surface area contributed by atoms with E-state index in [0.717, 1.165) is 17.1 Å². The molecular formula is C64H46N2. The molecule has 1 heterocycles. The molecule has 2 heteroatoms. The van der Waals surface area contributed by atoms with Gasteiger partial charge in [-0.2, -0.15) is 0 Å². The smallest absolute Gasteiger partial charge is 0.0754 e. The number of benzene rings is 10. The minimum atomic E-state index is -0.520. The fourth-order valence-corrected chi connectivity index (χ4v) is 12.0. The summed E-state index contributed by atoms with van der Waals surface area (Å²) in [5.41, 5.74) is 24.0. The van der Waals surface area contributed by atoms with Crippen LogP contribution in [0.4, 0.5) is 34.1 Å². The molecule has 2 nitrogen and oxygen atoms in total. The summed E-state index contributed by atoms with van der Waals surface area (Å²) in [6.45, 7) is 4.78. The highest BCUT2D eigenvalue weighted by atomic mass is 15.2. The van der Waals surface area contributed by atoms with Crippen LogP contribution >= 0.6 is 0 Å². The molecule has 0 radical (unpaired) electrons. The minimum Gasteiger partial charge on any atom is -0.310 e. The summed E-state index contributed by atoms with van der Waals surface area (Å²) in [6.07, 6.45) is 0. The van der Waals surface area contributed by atoms with Crippen molar-refractivity contribution in [2.24, 2.45) is 0 Å². The maximum absolute atomic E-state index is 2.55. The minimum absolute atomic E-state index is 0.230. The third-order valence-electron chi connectivity index (χ3n) is 14.6. The van der Waals surface area contributed by atoms with E-state index in [1.54, 1.807) is 0 Å². The van der Waals surface area contributed by atoms with E-state index in [1.807, 2.05) is 0 Å². The number of rotatable bonds is 6. The summed E-state index contributed by atoms with van der Waals surface area (Å²) < 4.78 is 0. The molecule has 0 saturated heterocycles. The van der Waals surface area contributed by atoms with Crippen LogP contribution in [0.1, 0.15) is 47.2 Å². The van der Waals surface area contributed by atoms with Crippen molar-refractivity contribution in [2.45, 2.75) is 24.7 Å². The Morgan fingerprint density at radius 1 is 0.318 bits per heavy atom. The predicted molar refractivity (Wildman–Crippen MR) is 275 cm³/mol. The SMILES string of the molecule is CC1(C)c2ccccc2-c2cccc(N(c3ccccc3-c3ccccc3)c3ccccc3-c3ccc4c(c3)-c3ccccc3C43c4ccccc4N(c4ccccc4)c4ccccc43)c21. The fraction of sp³-hybridized carbons (Fsp3) is 0.0625. The summed E-state index contributed by atoms with van der Waals surface area (Å²) in [6, 6.07) is 90.0. The van der Waals surface area contributed by atoms with E-state index in [0.29, 0.717) is 0 Å². The quantitative estimate of drug-likeness (QED) is 0.165. The molecule has 312 valence electrons. The third kappa shape index (κ3) is 5.36. The van der Waals surface area contributed by atoms with Crippen molar-refractivity contribution in [3.8, 4) is 44.5 Å². The Morgan fingerprint density at radius 2 is 0.773 bits per heavy atom. The van der Waals surface area contributed by atoms with Gasteiger partial charge >= 0.3 is 0 Å². The normalized spacial score (nSPS) is 14.1. The van der Waals surface area contributed by atoms with Gasteiger partial charge in [-0.3, -0.25) is 0 Å². The molecule has 66 heavy (non-hydrogen) atoms. The lowest BCUT2D eigenvalue weighted by atomic mass is 9.64. The van der Waals surface area contributed by atoms with Gasteiger partial charge in [0.15, 0.2) is 0 Å². The van der Waals surface area contributed by atoms with Crippen molar-refractivity contribution in [1.29, 1.82) is 0 Å². The first-order chi connectivity index (χ1) is 32.5. The first kappa shape index (κ1) is 38.3. The van der Waals surface area contributed by atoms with Crippen LogP contribution in [0.5, 0.6) is 0 Å². The largest absolute Gasteiger partial charge is 0.310 e. The molecule has 0 fully saturated rings. The summed E-state index contributed by atoms with van der Waals surface area (Å²) >= 11 is 0. The first-order valence-corrected chi connectivity index (χ1v) is 23.1. The second kappa shape index (κ2) is 14.7. The number of nitrogens with zero attached hydrogens (tertiary/aromatic N) is 2. The lowest BCUT2D eigenvalue weighted by Crippen LogP contribution is -2.36. The molecule has 10 aromatic rings. The average molecular weight is 843 g/mol. The number of para-hydroxylation sites is 5. The zero-order valence-electron chi connectivity index (χ0n) is 37.0. The van der Waals surface area contributed by atoms with Crippen LogP contribution in [-0.4, -0.2) is 0 Å². The Labute approximate surface area is 387 Å². The number of hydrogen-bond acceptors (Lipinski definition) is 2. The van der Waals surface area contributed by atoms with Gasteiger partial charge in [0, 0.05) is 22.2 Å². The van der Waals surface area contributed by atoms with Crippen molar-refractivity contribution < 1.29 is 0 Å². The molecule has 0 amide bonds. The molecule has 10 aromatic carbocycles. The van der Waals surface area contributed by atoms with Gasteiger partial charge in [-0.25, -0.2) is 0 Å². The van der Waals surface area contributed by atoms with E-state index in [2.05, 4.69) is 266 Å². The maximum atomic E-state index is 2.55. The second-order valence-electron chi connectivity index (χ2n) is 18.4. The summed E-state index contributed by atoms with van der Waals surface area (Å²) in [4.78, 5) is 5.00. The van der Waals surface area contributed by atoms with Crippen molar-refractivity contribution in [3.63, 3.8) is 0 Å². The predicted octanol–water partition coefficient (Wildman–Crippen LogP) is 16.9. The van der Waals surface area contributed by atoms with E-state index in [1.165, 1.54) is 95.0 Å². The van der Waals surface area contributed by atoms with E-state index in [4.69, 9.17) is 0 Å². The van der Waals surface area contributed by atoms with Crippen LogP contribution < -0.4 is 9.80 Å². The maximum Gasteiger partial charge on any atom is 0.0754 e. The van der Waals surface area contributed by atoms with Crippen LogP contribution in [0.2, 0.25) is 0 Å². The molecular weight excluding hydrogens is 797 g/mol. The Bertz CT molecular complexity index is 3480. The van der Waals surface area contributed by atoms with Crippen molar-refractivity contribution in [1.82, 2.24) is 0 Å². The Balaban J connectivity index is 1.05. The average Bonchev–Trinajstić information content (AvgIpc) is 3.80. The molecule has 13 rings (SSSR count). The van der Waals surface area contributed by atoms with Crippen LogP contribution in [0.25, 0.3) is 44.5 Å². The van der Waals surface area contributed by atoms with E-state index >= 15 is 0 Å². The van der Waals surface area contributed by atoms with Gasteiger partial charge in [0.2, 0.25) is 0 Å². The highest BCUT2D eigenvalue weighted by Crippen LogP contribution is 2.64. The van der Waals surface area contributed by atoms with Gasteiger partial charge in [-0.1, -0.05) is 208 Å².